The summed E-state index contributed by atoms with van der Waals surface area (Å²) in [5.74, 6) is 0.933. The molecule has 2 atom stereocenters. The zero-order valence-corrected chi connectivity index (χ0v) is 14.5. The summed E-state index contributed by atoms with van der Waals surface area (Å²) in [6.07, 6.45) is 3.30. The van der Waals surface area contributed by atoms with Crippen LogP contribution in [0, 0.1) is 0 Å². The van der Waals surface area contributed by atoms with E-state index in [1.54, 1.807) is 14.2 Å². The van der Waals surface area contributed by atoms with E-state index in [2.05, 4.69) is 41.2 Å². The molecule has 0 amide bonds. The molecule has 114 valence electrons. The summed E-state index contributed by atoms with van der Waals surface area (Å²) in [6.45, 7) is 5.25. The number of methoxy groups -OCH3 is 2. The Morgan fingerprint density at radius 1 is 1.25 bits per heavy atom. The summed E-state index contributed by atoms with van der Waals surface area (Å²) in [5.41, 5.74) is 1.20. The molecular formula is C16H26BrNO2. The number of likely N-dealkylation sites (N-methyl/N-ethyl adjacent to an activating group) is 1. The van der Waals surface area contributed by atoms with Crippen molar-refractivity contribution in [2.45, 2.75) is 45.3 Å². The van der Waals surface area contributed by atoms with Gasteiger partial charge >= 0.3 is 0 Å². The summed E-state index contributed by atoms with van der Waals surface area (Å²) in [4.78, 5) is 0. The van der Waals surface area contributed by atoms with Crippen LogP contribution in [0.25, 0.3) is 0 Å². The number of nitrogens with one attached hydrogen (secondary N) is 1. The van der Waals surface area contributed by atoms with Gasteiger partial charge in [0.2, 0.25) is 0 Å². The molecule has 0 saturated carbocycles. The molecule has 4 heteroatoms. The lowest BCUT2D eigenvalue weighted by atomic mass is 9.97. The van der Waals surface area contributed by atoms with Gasteiger partial charge in [-0.05, 0) is 43.1 Å². The molecule has 1 N–H and O–H groups in total. The highest BCUT2D eigenvalue weighted by Gasteiger charge is 2.21. The van der Waals surface area contributed by atoms with Gasteiger partial charge in [-0.3, -0.25) is 0 Å². The Morgan fingerprint density at radius 2 is 2.00 bits per heavy atom. The van der Waals surface area contributed by atoms with Crippen molar-refractivity contribution in [3.05, 3.63) is 28.2 Å². The SMILES string of the molecule is CCCC(OC)C(Cc1cc(Br)ccc1OC)NCC. The van der Waals surface area contributed by atoms with Crippen molar-refractivity contribution in [2.75, 3.05) is 20.8 Å². The third kappa shape index (κ3) is 5.08. The van der Waals surface area contributed by atoms with Crippen LogP contribution in [-0.2, 0) is 11.2 Å². The quantitative estimate of drug-likeness (QED) is 0.739. The summed E-state index contributed by atoms with van der Waals surface area (Å²) < 4.78 is 12.2. The fourth-order valence-corrected chi connectivity index (χ4v) is 2.92. The molecule has 0 saturated heterocycles. The van der Waals surface area contributed by atoms with E-state index in [1.807, 2.05) is 12.1 Å². The van der Waals surface area contributed by atoms with E-state index >= 15 is 0 Å². The van der Waals surface area contributed by atoms with Crippen molar-refractivity contribution in [1.29, 1.82) is 0 Å². The van der Waals surface area contributed by atoms with Gasteiger partial charge in [0.15, 0.2) is 0 Å². The molecule has 0 aliphatic rings. The molecule has 2 unspecified atom stereocenters. The van der Waals surface area contributed by atoms with E-state index in [-0.39, 0.29) is 6.10 Å². The Bertz CT molecular complexity index is 398. The summed E-state index contributed by atoms with van der Waals surface area (Å²) >= 11 is 3.53. The minimum absolute atomic E-state index is 0.226. The Morgan fingerprint density at radius 3 is 2.55 bits per heavy atom. The zero-order valence-electron chi connectivity index (χ0n) is 12.9. The Kier molecular flexibility index (Phi) is 8.19. The fourth-order valence-electron chi connectivity index (χ4n) is 2.51. The lowest BCUT2D eigenvalue weighted by Crippen LogP contribution is -2.42. The predicted octanol–water partition coefficient (Wildman–Crippen LogP) is 3.79. The third-order valence-corrected chi connectivity index (χ3v) is 3.97. The zero-order chi connectivity index (χ0) is 15.0. The molecule has 0 aromatic heterocycles. The minimum Gasteiger partial charge on any atom is -0.496 e. The number of hydrogen-bond donors (Lipinski definition) is 1. The summed E-state index contributed by atoms with van der Waals surface area (Å²) in [5, 5.41) is 3.54. The Labute approximate surface area is 131 Å². The van der Waals surface area contributed by atoms with Crippen LogP contribution < -0.4 is 10.1 Å². The molecule has 3 nitrogen and oxygen atoms in total. The maximum Gasteiger partial charge on any atom is 0.122 e. The first-order valence-corrected chi connectivity index (χ1v) is 8.04. The van der Waals surface area contributed by atoms with Crippen molar-refractivity contribution >= 4 is 15.9 Å². The monoisotopic (exact) mass is 343 g/mol. The lowest BCUT2D eigenvalue weighted by Gasteiger charge is -2.27. The van der Waals surface area contributed by atoms with Crippen molar-refractivity contribution in [2.24, 2.45) is 0 Å². The highest BCUT2D eigenvalue weighted by atomic mass is 79.9. The van der Waals surface area contributed by atoms with Gasteiger partial charge in [-0.15, -0.1) is 0 Å². The molecule has 0 spiro atoms. The first kappa shape index (κ1) is 17.5. The number of hydrogen-bond acceptors (Lipinski definition) is 3. The Balaban J connectivity index is 2.91. The predicted molar refractivity (Wildman–Crippen MR) is 87.6 cm³/mol. The number of rotatable bonds is 9. The van der Waals surface area contributed by atoms with Crippen molar-refractivity contribution < 1.29 is 9.47 Å². The highest BCUT2D eigenvalue weighted by Crippen LogP contribution is 2.25. The lowest BCUT2D eigenvalue weighted by molar-refractivity contribution is 0.0612. The Hall–Kier alpha value is -0.580. The second-order valence-corrected chi connectivity index (χ2v) is 5.80. The number of benzene rings is 1. The van der Waals surface area contributed by atoms with Crippen LogP contribution in [0.5, 0.6) is 5.75 Å². The van der Waals surface area contributed by atoms with Gasteiger partial charge in [0.1, 0.15) is 5.75 Å². The normalized spacial score (nSPS) is 14.1. The van der Waals surface area contributed by atoms with E-state index in [1.165, 1.54) is 5.56 Å². The summed E-state index contributed by atoms with van der Waals surface area (Å²) in [6, 6.07) is 6.43. The van der Waals surface area contributed by atoms with Crippen LogP contribution in [-0.4, -0.2) is 32.9 Å². The molecule has 1 rings (SSSR count). The summed E-state index contributed by atoms with van der Waals surface area (Å²) in [7, 11) is 3.51. The van der Waals surface area contributed by atoms with E-state index < -0.39 is 0 Å². The molecule has 0 fully saturated rings. The van der Waals surface area contributed by atoms with Gasteiger partial charge in [-0.2, -0.15) is 0 Å². The largest absolute Gasteiger partial charge is 0.496 e. The van der Waals surface area contributed by atoms with Gasteiger partial charge < -0.3 is 14.8 Å². The second-order valence-electron chi connectivity index (χ2n) is 4.89. The van der Waals surface area contributed by atoms with E-state index in [0.29, 0.717) is 6.04 Å². The van der Waals surface area contributed by atoms with Gasteiger partial charge in [0, 0.05) is 17.6 Å². The van der Waals surface area contributed by atoms with Crippen LogP contribution in [0.1, 0.15) is 32.3 Å². The van der Waals surface area contributed by atoms with Crippen LogP contribution in [0.3, 0.4) is 0 Å². The van der Waals surface area contributed by atoms with Crippen molar-refractivity contribution in [3.8, 4) is 5.75 Å². The van der Waals surface area contributed by atoms with Crippen molar-refractivity contribution in [1.82, 2.24) is 5.32 Å². The van der Waals surface area contributed by atoms with Gasteiger partial charge in [-0.25, -0.2) is 0 Å². The third-order valence-electron chi connectivity index (χ3n) is 3.47. The van der Waals surface area contributed by atoms with Crippen LogP contribution >= 0.6 is 15.9 Å². The smallest absolute Gasteiger partial charge is 0.122 e. The fraction of sp³-hybridized carbons (Fsp3) is 0.625. The number of halogens is 1. The molecule has 20 heavy (non-hydrogen) atoms. The van der Waals surface area contributed by atoms with E-state index in [9.17, 15) is 0 Å². The van der Waals surface area contributed by atoms with Gasteiger partial charge in [-0.1, -0.05) is 36.2 Å². The highest BCUT2D eigenvalue weighted by molar-refractivity contribution is 9.10. The molecule has 0 aliphatic heterocycles. The first-order valence-electron chi connectivity index (χ1n) is 7.24. The molecule has 1 aromatic rings. The van der Waals surface area contributed by atoms with Crippen LogP contribution in [0.15, 0.2) is 22.7 Å². The van der Waals surface area contributed by atoms with E-state index in [4.69, 9.17) is 9.47 Å². The maximum absolute atomic E-state index is 5.67. The van der Waals surface area contributed by atoms with Crippen LogP contribution in [0.2, 0.25) is 0 Å². The average Bonchev–Trinajstić information content (AvgIpc) is 2.44. The van der Waals surface area contributed by atoms with E-state index in [0.717, 1.165) is 36.0 Å². The number of ether oxygens (including phenoxy) is 2. The molecule has 1 aromatic carbocycles. The average molecular weight is 344 g/mol. The topological polar surface area (TPSA) is 30.5 Å². The van der Waals surface area contributed by atoms with Gasteiger partial charge in [0.25, 0.3) is 0 Å². The van der Waals surface area contributed by atoms with Crippen LogP contribution in [0.4, 0.5) is 0 Å². The molecule has 0 aliphatic carbocycles. The standard InChI is InChI=1S/C16H26BrNO2/c1-5-7-16(20-4)14(18-6-2)11-12-10-13(17)8-9-15(12)19-3/h8-10,14,16,18H,5-7,11H2,1-4H3. The molecular weight excluding hydrogens is 318 g/mol. The van der Waals surface area contributed by atoms with Crippen molar-refractivity contribution in [3.63, 3.8) is 0 Å². The van der Waals surface area contributed by atoms with Gasteiger partial charge in [0.05, 0.1) is 13.2 Å². The molecule has 0 radical (unpaired) electrons. The first-order chi connectivity index (χ1) is 9.65. The molecule has 0 bridgehead atoms. The minimum atomic E-state index is 0.226. The molecule has 0 heterocycles. The second kappa shape index (κ2) is 9.37. The maximum atomic E-state index is 5.67.